The molecule has 2 aliphatic carbocycles. The number of allylic oxidation sites excluding steroid dienone is 2. The number of hydrogen-bond donors (Lipinski definition) is 0. The van der Waals surface area contributed by atoms with Crippen LogP contribution in [0.1, 0.15) is 126 Å². The number of fused-ring (bicyclic) bond motifs is 2. The van der Waals surface area contributed by atoms with Gasteiger partial charge in [0, 0.05) is 0 Å². The van der Waals surface area contributed by atoms with Crippen molar-refractivity contribution in [3.05, 3.63) is 151 Å². The SMILES string of the molecule is CCCCC1=C(c2ccc(C)cc2)c2cc(C)cc(C)c2[CH]1[Zr+2]1([CH]2C(CCCC)=C(c3ccc(C)cc3)c3cc(C)cc(C)c32)[CH2][CH2]1.[Cl-].[Cl-]. The van der Waals surface area contributed by atoms with Crippen LogP contribution in [0.5, 0.6) is 0 Å². The number of halogens is 2. The van der Waals surface area contributed by atoms with Gasteiger partial charge >= 0.3 is 292 Å². The van der Waals surface area contributed by atoms with Crippen molar-refractivity contribution in [2.45, 2.75) is 109 Å². The average molecular weight is 769 g/mol. The summed E-state index contributed by atoms with van der Waals surface area (Å²) in [6, 6.07) is 29.2. The minimum absolute atomic E-state index is 0. The molecule has 3 aliphatic rings. The standard InChI is InChI=1S/2C22H25.C2H4.2ClH.Zr/c2*1-5-6-7-19-14-20-17(4)12-16(3)13-21(20)22(19)18-10-8-15(2)9-11-18;1-2;;;/h2*8-14H,5-7H2,1-4H3;1-2H2;2*1H;/q;;;;;+2/p-2. The van der Waals surface area contributed by atoms with Gasteiger partial charge in [0.15, 0.2) is 0 Å². The largest absolute Gasteiger partial charge is 1.00 e. The molecule has 1 aliphatic heterocycles. The van der Waals surface area contributed by atoms with Crippen molar-refractivity contribution in [1.29, 1.82) is 0 Å². The van der Waals surface area contributed by atoms with E-state index in [0.29, 0.717) is 7.25 Å². The van der Waals surface area contributed by atoms with E-state index < -0.39 is 20.3 Å². The molecule has 0 bridgehead atoms. The van der Waals surface area contributed by atoms with Gasteiger partial charge in [-0.05, 0) is 0 Å². The molecule has 4 aromatic carbocycles. The summed E-state index contributed by atoms with van der Waals surface area (Å²) in [4.78, 5) is 0. The Morgan fingerprint density at radius 3 is 1.20 bits per heavy atom. The third-order valence-electron chi connectivity index (χ3n) is 11.8. The summed E-state index contributed by atoms with van der Waals surface area (Å²) in [6.07, 6.45) is 7.53. The average Bonchev–Trinajstić information content (AvgIpc) is 3.66. The molecule has 2 unspecified atom stereocenters. The van der Waals surface area contributed by atoms with Crippen LogP contribution < -0.4 is 24.8 Å². The van der Waals surface area contributed by atoms with E-state index in [1.807, 2.05) is 11.1 Å². The Bertz CT molecular complexity index is 1770. The molecule has 0 saturated carbocycles. The Morgan fingerprint density at radius 2 is 0.878 bits per heavy atom. The molecule has 1 heterocycles. The van der Waals surface area contributed by atoms with Gasteiger partial charge in [-0.15, -0.1) is 0 Å². The molecule has 0 nitrogen and oxygen atoms in total. The van der Waals surface area contributed by atoms with Crippen molar-refractivity contribution in [3.8, 4) is 0 Å². The molecule has 1 saturated heterocycles. The zero-order chi connectivity index (χ0) is 33.0. The van der Waals surface area contributed by atoms with Crippen LogP contribution in [0.4, 0.5) is 0 Å². The van der Waals surface area contributed by atoms with Crippen LogP contribution in [-0.4, -0.2) is 0 Å². The van der Waals surface area contributed by atoms with Crippen LogP contribution >= 0.6 is 0 Å². The first-order valence-corrected chi connectivity index (χ1v) is 24.8. The smallest absolute Gasteiger partial charge is 1.00 e. The first-order chi connectivity index (χ1) is 22.7. The second-order valence-corrected chi connectivity index (χ2v) is 26.8. The molecule has 2 atom stereocenters. The maximum atomic E-state index is 2.56. The van der Waals surface area contributed by atoms with Crippen LogP contribution in [0.3, 0.4) is 0 Å². The van der Waals surface area contributed by atoms with Crippen molar-refractivity contribution < 1.29 is 45.1 Å². The van der Waals surface area contributed by atoms with Gasteiger partial charge in [0.2, 0.25) is 0 Å². The number of hydrogen-bond acceptors (Lipinski definition) is 0. The van der Waals surface area contributed by atoms with Crippen molar-refractivity contribution in [2.24, 2.45) is 0 Å². The third kappa shape index (κ3) is 6.67. The van der Waals surface area contributed by atoms with Gasteiger partial charge in [0.05, 0.1) is 0 Å². The van der Waals surface area contributed by atoms with Gasteiger partial charge in [0.1, 0.15) is 0 Å². The van der Waals surface area contributed by atoms with Gasteiger partial charge in [0.25, 0.3) is 0 Å². The topological polar surface area (TPSA) is 0 Å². The first kappa shape index (κ1) is 38.1. The van der Waals surface area contributed by atoms with Gasteiger partial charge in [-0.2, -0.15) is 0 Å². The molecule has 1 fully saturated rings. The van der Waals surface area contributed by atoms with Crippen LogP contribution in [0.2, 0.25) is 8.26 Å². The van der Waals surface area contributed by atoms with Gasteiger partial charge in [-0.3, -0.25) is 0 Å². The number of benzene rings is 4. The summed E-state index contributed by atoms with van der Waals surface area (Å²) in [6.45, 7) is 18.7. The molecule has 0 amide bonds. The summed E-state index contributed by atoms with van der Waals surface area (Å²) >= 11 is -2.98. The zero-order valence-corrected chi connectivity index (χ0v) is 35.0. The van der Waals surface area contributed by atoms with E-state index in [4.69, 9.17) is 0 Å². The predicted octanol–water partition coefficient (Wildman–Crippen LogP) is 7.34. The normalized spacial score (nSPS) is 18.0. The quantitative estimate of drug-likeness (QED) is 0.159. The van der Waals surface area contributed by atoms with E-state index >= 15 is 0 Å². The fraction of sp³-hybridized carbons (Fsp3) is 0.391. The second kappa shape index (κ2) is 15.2. The molecule has 7 rings (SSSR count). The van der Waals surface area contributed by atoms with E-state index in [2.05, 4.69) is 128 Å². The molecule has 0 aromatic heterocycles. The Hall–Kier alpha value is -2.18. The number of rotatable bonds is 10. The monoisotopic (exact) mass is 766 g/mol. The summed E-state index contributed by atoms with van der Waals surface area (Å²) in [5, 5.41) is 0. The Kier molecular flexibility index (Phi) is 11.8. The first-order valence-electron chi connectivity index (χ1n) is 18.5. The fourth-order valence-corrected chi connectivity index (χ4v) is 27.8. The number of aryl methyl sites for hydroxylation is 6. The van der Waals surface area contributed by atoms with Crippen molar-refractivity contribution in [1.82, 2.24) is 0 Å². The van der Waals surface area contributed by atoms with Crippen molar-refractivity contribution >= 4 is 11.1 Å². The molecule has 0 N–H and O–H groups in total. The Morgan fingerprint density at radius 1 is 0.510 bits per heavy atom. The van der Waals surface area contributed by atoms with E-state index in [-0.39, 0.29) is 24.8 Å². The third-order valence-corrected chi connectivity index (χ3v) is 24.6. The summed E-state index contributed by atoms with van der Waals surface area (Å²) in [5.74, 6) is 0. The van der Waals surface area contributed by atoms with Gasteiger partial charge < -0.3 is 24.8 Å². The minimum Gasteiger partial charge on any atom is -1.00 e. The van der Waals surface area contributed by atoms with E-state index in [9.17, 15) is 0 Å². The zero-order valence-electron chi connectivity index (χ0n) is 31.0. The van der Waals surface area contributed by atoms with Crippen molar-refractivity contribution in [3.63, 3.8) is 0 Å². The molecule has 3 heteroatoms. The minimum atomic E-state index is -2.98. The van der Waals surface area contributed by atoms with E-state index in [1.54, 1.807) is 44.5 Å². The Balaban J connectivity index is 0.00000234. The molecule has 4 aromatic rings. The fourth-order valence-electron chi connectivity index (χ4n) is 9.67. The summed E-state index contributed by atoms with van der Waals surface area (Å²) < 4.78 is 4.35. The van der Waals surface area contributed by atoms with Gasteiger partial charge in [-0.25, -0.2) is 0 Å². The van der Waals surface area contributed by atoms with Gasteiger partial charge in [-0.1, -0.05) is 0 Å². The number of unbranched alkanes of at least 4 members (excludes halogenated alkanes) is 2. The maximum absolute atomic E-state index is 2.98. The molecule has 0 spiro atoms. The Labute approximate surface area is 314 Å². The van der Waals surface area contributed by atoms with E-state index in [0.717, 1.165) is 0 Å². The summed E-state index contributed by atoms with van der Waals surface area (Å²) in [5.41, 5.74) is 24.9. The van der Waals surface area contributed by atoms with Crippen LogP contribution in [0.25, 0.3) is 11.1 Å². The molecule has 49 heavy (non-hydrogen) atoms. The second-order valence-electron chi connectivity index (χ2n) is 15.4. The molecule has 256 valence electrons. The van der Waals surface area contributed by atoms with Crippen LogP contribution in [0.15, 0.2) is 83.9 Å². The molecular weight excluding hydrogens is 715 g/mol. The molecule has 0 radical (unpaired) electrons. The van der Waals surface area contributed by atoms with Crippen LogP contribution in [-0.2, 0) is 20.3 Å². The van der Waals surface area contributed by atoms with E-state index in [1.165, 1.54) is 80.2 Å². The summed E-state index contributed by atoms with van der Waals surface area (Å²) in [7, 11) is 0. The maximum Gasteiger partial charge on any atom is -1.00 e. The van der Waals surface area contributed by atoms with Crippen molar-refractivity contribution in [2.75, 3.05) is 0 Å². The predicted molar refractivity (Wildman–Crippen MR) is 200 cm³/mol. The van der Waals surface area contributed by atoms with Crippen LogP contribution in [0, 0.1) is 41.5 Å². The molecular formula is C46H54Cl2Zr.